The van der Waals surface area contributed by atoms with Gasteiger partial charge in [-0.25, -0.2) is 0 Å². The van der Waals surface area contributed by atoms with E-state index in [4.69, 9.17) is 9.15 Å². The van der Waals surface area contributed by atoms with Crippen LogP contribution >= 0.6 is 0 Å². The number of hydrogen-bond acceptors (Lipinski definition) is 4. The van der Waals surface area contributed by atoms with Crippen LogP contribution in [0.25, 0.3) is 11.0 Å². The molecule has 3 aromatic carbocycles. The first-order chi connectivity index (χ1) is 15.5. The maximum Gasteiger partial charge on any atom is 0.291 e. The van der Waals surface area contributed by atoms with Crippen molar-refractivity contribution in [3.63, 3.8) is 0 Å². The topological polar surface area (TPSA) is 80.6 Å². The molecule has 6 heteroatoms. The van der Waals surface area contributed by atoms with Crippen LogP contribution in [0.2, 0.25) is 0 Å². The number of benzene rings is 3. The fraction of sp³-hybridized carbons (Fsp3) is 0.154. The van der Waals surface area contributed by atoms with Crippen molar-refractivity contribution in [2.45, 2.75) is 20.3 Å². The number of rotatable bonds is 7. The molecular weight excluding hydrogens is 404 g/mol. The molecule has 0 spiro atoms. The van der Waals surface area contributed by atoms with Crippen LogP contribution in [-0.2, 0) is 0 Å². The highest BCUT2D eigenvalue weighted by atomic mass is 16.5. The number of anilines is 2. The van der Waals surface area contributed by atoms with Crippen molar-refractivity contribution in [1.82, 2.24) is 0 Å². The number of amides is 2. The maximum absolute atomic E-state index is 12.6. The molecule has 1 aromatic heterocycles. The van der Waals surface area contributed by atoms with Crippen molar-refractivity contribution in [2.24, 2.45) is 0 Å². The van der Waals surface area contributed by atoms with E-state index in [2.05, 4.69) is 10.6 Å². The van der Waals surface area contributed by atoms with Crippen LogP contribution in [0, 0.1) is 6.92 Å². The summed E-state index contributed by atoms with van der Waals surface area (Å²) >= 11 is 0. The minimum atomic E-state index is -0.329. The molecule has 4 rings (SSSR count). The van der Waals surface area contributed by atoms with Gasteiger partial charge in [-0.3, -0.25) is 9.59 Å². The Balaban J connectivity index is 1.43. The number of ether oxygens (including phenoxy) is 1. The molecule has 2 N–H and O–H groups in total. The standard InChI is InChI=1S/C26H24N2O4/c1-3-13-31-21-9-6-8-19(15-21)25(29)27-20-11-12-22(17(2)14-20)28-26(30)24-16-18-7-4-5-10-23(18)32-24/h4-12,14-16H,3,13H2,1-2H3,(H,27,29)(H,28,30). The molecule has 0 aliphatic rings. The molecule has 2 amide bonds. The lowest BCUT2D eigenvalue weighted by Gasteiger charge is -2.11. The Kier molecular flexibility index (Phi) is 6.22. The maximum atomic E-state index is 12.6. The molecular formula is C26H24N2O4. The third kappa shape index (κ3) is 4.81. The van der Waals surface area contributed by atoms with E-state index < -0.39 is 0 Å². The Morgan fingerprint density at radius 1 is 0.906 bits per heavy atom. The summed E-state index contributed by atoms with van der Waals surface area (Å²) < 4.78 is 11.2. The zero-order chi connectivity index (χ0) is 22.5. The number of para-hydroxylation sites is 1. The van der Waals surface area contributed by atoms with Crippen molar-refractivity contribution < 1.29 is 18.7 Å². The summed E-state index contributed by atoms with van der Waals surface area (Å²) in [6.07, 6.45) is 0.898. The van der Waals surface area contributed by atoms with E-state index in [1.54, 1.807) is 36.4 Å². The van der Waals surface area contributed by atoms with Crippen molar-refractivity contribution >= 4 is 34.2 Å². The minimum Gasteiger partial charge on any atom is -0.494 e. The fourth-order valence-corrected chi connectivity index (χ4v) is 3.31. The van der Waals surface area contributed by atoms with Gasteiger partial charge in [-0.05, 0) is 67.4 Å². The smallest absolute Gasteiger partial charge is 0.291 e. The summed E-state index contributed by atoms with van der Waals surface area (Å²) in [6, 6.07) is 21.6. The molecule has 0 unspecified atom stereocenters. The lowest BCUT2D eigenvalue weighted by Crippen LogP contribution is -2.14. The Hall–Kier alpha value is -4.06. The van der Waals surface area contributed by atoms with Crippen LogP contribution in [0.5, 0.6) is 5.75 Å². The highest BCUT2D eigenvalue weighted by Crippen LogP contribution is 2.24. The van der Waals surface area contributed by atoms with E-state index >= 15 is 0 Å². The highest BCUT2D eigenvalue weighted by molar-refractivity contribution is 6.06. The summed E-state index contributed by atoms with van der Waals surface area (Å²) in [6.45, 7) is 4.50. The Bertz CT molecular complexity index is 1240. The van der Waals surface area contributed by atoms with Gasteiger partial charge in [0.25, 0.3) is 11.8 Å². The normalized spacial score (nSPS) is 10.7. The van der Waals surface area contributed by atoms with Gasteiger partial charge >= 0.3 is 0 Å². The molecule has 4 aromatic rings. The first-order valence-corrected chi connectivity index (χ1v) is 10.5. The van der Waals surface area contributed by atoms with E-state index in [-0.39, 0.29) is 17.6 Å². The van der Waals surface area contributed by atoms with Gasteiger partial charge in [0.2, 0.25) is 0 Å². The molecule has 0 atom stereocenters. The number of hydrogen-bond donors (Lipinski definition) is 2. The lowest BCUT2D eigenvalue weighted by atomic mass is 10.1. The van der Waals surface area contributed by atoms with Crippen LogP contribution in [0.1, 0.15) is 39.8 Å². The van der Waals surface area contributed by atoms with Gasteiger partial charge in [-0.1, -0.05) is 31.2 Å². The Morgan fingerprint density at radius 2 is 1.75 bits per heavy atom. The van der Waals surface area contributed by atoms with Gasteiger partial charge in [0, 0.05) is 22.3 Å². The average Bonchev–Trinajstić information content (AvgIpc) is 3.24. The minimum absolute atomic E-state index is 0.231. The van der Waals surface area contributed by atoms with Crippen LogP contribution in [0.15, 0.2) is 77.2 Å². The van der Waals surface area contributed by atoms with E-state index in [0.717, 1.165) is 17.4 Å². The summed E-state index contributed by atoms with van der Waals surface area (Å²) in [5.74, 6) is 0.350. The number of carbonyl (C=O) groups excluding carboxylic acids is 2. The van der Waals surface area contributed by atoms with Crippen LogP contribution in [0.3, 0.4) is 0 Å². The molecule has 0 radical (unpaired) electrons. The third-order valence-electron chi connectivity index (χ3n) is 4.95. The van der Waals surface area contributed by atoms with Gasteiger partial charge in [-0.15, -0.1) is 0 Å². The third-order valence-corrected chi connectivity index (χ3v) is 4.95. The second-order valence-corrected chi connectivity index (χ2v) is 7.46. The van der Waals surface area contributed by atoms with Gasteiger partial charge < -0.3 is 19.8 Å². The SMILES string of the molecule is CCCOc1cccc(C(=O)Nc2ccc(NC(=O)c3cc4ccccc4o3)c(C)c2)c1. The van der Waals surface area contributed by atoms with Crippen LogP contribution < -0.4 is 15.4 Å². The fourth-order valence-electron chi connectivity index (χ4n) is 3.31. The largest absolute Gasteiger partial charge is 0.494 e. The molecule has 1 heterocycles. The number of carbonyl (C=O) groups is 2. The van der Waals surface area contributed by atoms with Crippen molar-refractivity contribution in [3.05, 3.63) is 89.7 Å². The van der Waals surface area contributed by atoms with Crippen LogP contribution in [-0.4, -0.2) is 18.4 Å². The molecule has 32 heavy (non-hydrogen) atoms. The summed E-state index contributed by atoms with van der Waals surface area (Å²) in [5.41, 5.74) is 3.26. The summed E-state index contributed by atoms with van der Waals surface area (Å²) in [7, 11) is 0. The predicted octanol–water partition coefficient (Wildman–Crippen LogP) is 6.03. The highest BCUT2D eigenvalue weighted by Gasteiger charge is 2.14. The molecule has 0 bridgehead atoms. The van der Waals surface area contributed by atoms with E-state index in [0.29, 0.717) is 34.9 Å². The zero-order valence-electron chi connectivity index (χ0n) is 18.0. The van der Waals surface area contributed by atoms with E-state index in [1.165, 1.54) is 0 Å². The molecule has 0 aliphatic heterocycles. The first-order valence-electron chi connectivity index (χ1n) is 10.5. The van der Waals surface area contributed by atoms with E-state index in [1.807, 2.05) is 50.2 Å². The van der Waals surface area contributed by atoms with Gasteiger partial charge in [0.05, 0.1) is 6.61 Å². The average molecular weight is 428 g/mol. The monoisotopic (exact) mass is 428 g/mol. The van der Waals surface area contributed by atoms with Gasteiger partial charge in [0.1, 0.15) is 11.3 Å². The van der Waals surface area contributed by atoms with Crippen molar-refractivity contribution in [1.29, 1.82) is 0 Å². The molecule has 0 aliphatic carbocycles. The lowest BCUT2D eigenvalue weighted by molar-refractivity contribution is 0.0996. The number of nitrogens with one attached hydrogen (secondary N) is 2. The van der Waals surface area contributed by atoms with Crippen LogP contribution in [0.4, 0.5) is 11.4 Å². The van der Waals surface area contributed by atoms with Gasteiger partial charge in [-0.2, -0.15) is 0 Å². The summed E-state index contributed by atoms with van der Waals surface area (Å²) in [5, 5.41) is 6.62. The summed E-state index contributed by atoms with van der Waals surface area (Å²) in [4.78, 5) is 25.2. The van der Waals surface area contributed by atoms with Gasteiger partial charge in [0.15, 0.2) is 5.76 Å². The quantitative estimate of drug-likeness (QED) is 0.376. The number of furan rings is 1. The molecule has 162 valence electrons. The van der Waals surface area contributed by atoms with Crippen molar-refractivity contribution in [2.75, 3.05) is 17.2 Å². The molecule has 6 nitrogen and oxygen atoms in total. The second-order valence-electron chi connectivity index (χ2n) is 7.46. The molecule has 0 saturated heterocycles. The first kappa shape index (κ1) is 21.2. The number of fused-ring (bicyclic) bond motifs is 1. The second kappa shape index (κ2) is 9.39. The van der Waals surface area contributed by atoms with E-state index in [9.17, 15) is 9.59 Å². The molecule has 0 fully saturated rings. The Morgan fingerprint density at radius 3 is 2.53 bits per heavy atom. The number of aryl methyl sites for hydroxylation is 1. The van der Waals surface area contributed by atoms with Crippen molar-refractivity contribution in [3.8, 4) is 5.75 Å². The predicted molar refractivity (Wildman–Crippen MR) is 126 cm³/mol. The Labute approximate surface area is 186 Å². The molecule has 0 saturated carbocycles. The zero-order valence-corrected chi connectivity index (χ0v) is 18.0.